The van der Waals surface area contributed by atoms with Gasteiger partial charge in [-0.25, -0.2) is 8.42 Å². The average molecular weight is 308 g/mol. The second-order valence-electron chi connectivity index (χ2n) is 4.33. The summed E-state index contributed by atoms with van der Waals surface area (Å²) in [4.78, 5) is 9.76. The quantitative estimate of drug-likeness (QED) is 0.512. The zero-order valence-electron chi connectivity index (χ0n) is 11.0. The molecule has 0 bridgehead atoms. The molecule has 0 atom stereocenters. The molecule has 2 N–H and O–H groups in total. The second-order valence-corrected chi connectivity index (χ2v) is 6.01. The molecule has 8 heteroatoms. The SMILES string of the molecule is Cc1cccc(NS(=O)(=O)c2cccc([N+](=O)[O-])c2)c1O. The van der Waals surface area contributed by atoms with Gasteiger partial charge in [0.15, 0.2) is 0 Å². The predicted molar refractivity (Wildman–Crippen MR) is 76.7 cm³/mol. The van der Waals surface area contributed by atoms with Gasteiger partial charge in [0.2, 0.25) is 0 Å². The van der Waals surface area contributed by atoms with Crippen molar-refractivity contribution in [2.75, 3.05) is 4.72 Å². The molecule has 7 nitrogen and oxygen atoms in total. The molecule has 0 aliphatic carbocycles. The van der Waals surface area contributed by atoms with Crippen molar-refractivity contribution in [1.82, 2.24) is 0 Å². The minimum atomic E-state index is -4.02. The van der Waals surface area contributed by atoms with Gasteiger partial charge in [-0.2, -0.15) is 0 Å². The predicted octanol–water partition coefficient (Wildman–Crippen LogP) is 2.41. The summed E-state index contributed by atoms with van der Waals surface area (Å²) >= 11 is 0. The summed E-state index contributed by atoms with van der Waals surface area (Å²) in [5.41, 5.74) is 0.196. The molecule has 0 fully saturated rings. The number of para-hydroxylation sites is 1. The maximum Gasteiger partial charge on any atom is 0.270 e. The first kappa shape index (κ1) is 14.8. The minimum Gasteiger partial charge on any atom is -0.505 e. The summed E-state index contributed by atoms with van der Waals surface area (Å²) in [5, 5.41) is 20.5. The van der Waals surface area contributed by atoms with Crippen molar-refractivity contribution < 1.29 is 18.4 Å². The highest BCUT2D eigenvalue weighted by atomic mass is 32.2. The van der Waals surface area contributed by atoms with Gasteiger partial charge in [-0.1, -0.05) is 18.2 Å². The number of rotatable bonds is 4. The summed E-state index contributed by atoms with van der Waals surface area (Å²) in [7, 11) is -4.02. The molecule has 0 unspecified atom stereocenters. The Hall–Kier alpha value is -2.61. The number of benzene rings is 2. The maximum atomic E-state index is 12.2. The number of nitro groups is 1. The van der Waals surface area contributed by atoms with Crippen LogP contribution in [0.5, 0.6) is 5.75 Å². The fraction of sp³-hybridized carbons (Fsp3) is 0.0769. The van der Waals surface area contributed by atoms with Crippen LogP contribution in [0.3, 0.4) is 0 Å². The Morgan fingerprint density at radius 1 is 1.19 bits per heavy atom. The number of nitrogens with one attached hydrogen (secondary N) is 1. The topological polar surface area (TPSA) is 110 Å². The molecule has 2 aromatic carbocycles. The molecular weight excluding hydrogens is 296 g/mol. The first-order valence-corrected chi connectivity index (χ1v) is 7.35. The van der Waals surface area contributed by atoms with Gasteiger partial charge in [0, 0.05) is 12.1 Å². The van der Waals surface area contributed by atoms with Crippen LogP contribution in [0, 0.1) is 17.0 Å². The first-order chi connectivity index (χ1) is 9.81. The summed E-state index contributed by atoms with van der Waals surface area (Å²) in [6, 6.07) is 9.28. The van der Waals surface area contributed by atoms with Crippen LogP contribution < -0.4 is 4.72 Å². The number of aromatic hydroxyl groups is 1. The Morgan fingerprint density at radius 3 is 2.52 bits per heavy atom. The van der Waals surface area contributed by atoms with Gasteiger partial charge in [-0.05, 0) is 24.6 Å². The van der Waals surface area contributed by atoms with Gasteiger partial charge < -0.3 is 5.11 Å². The third-order valence-corrected chi connectivity index (χ3v) is 4.18. The third-order valence-electron chi connectivity index (χ3n) is 2.82. The number of nitrogens with zero attached hydrogens (tertiary/aromatic N) is 1. The number of phenols is 1. The first-order valence-electron chi connectivity index (χ1n) is 5.87. The monoisotopic (exact) mass is 308 g/mol. The van der Waals surface area contributed by atoms with E-state index in [9.17, 15) is 23.6 Å². The van der Waals surface area contributed by atoms with Gasteiger partial charge in [0.1, 0.15) is 5.75 Å². The Labute approximate surface area is 121 Å². The second kappa shape index (κ2) is 5.41. The van der Waals surface area contributed by atoms with E-state index in [1.807, 2.05) is 0 Å². The van der Waals surface area contributed by atoms with E-state index < -0.39 is 14.9 Å². The van der Waals surface area contributed by atoms with Crippen molar-refractivity contribution in [3.63, 3.8) is 0 Å². The Balaban J connectivity index is 2.41. The Bertz CT molecular complexity index is 802. The molecule has 0 amide bonds. The van der Waals surface area contributed by atoms with Crippen molar-refractivity contribution >= 4 is 21.4 Å². The lowest BCUT2D eigenvalue weighted by Crippen LogP contribution is -2.13. The van der Waals surface area contributed by atoms with Crippen molar-refractivity contribution in [3.8, 4) is 5.75 Å². The highest BCUT2D eigenvalue weighted by Gasteiger charge is 2.19. The molecule has 0 spiro atoms. The fourth-order valence-electron chi connectivity index (χ4n) is 1.71. The van der Waals surface area contributed by atoms with Crippen molar-refractivity contribution in [1.29, 1.82) is 0 Å². The summed E-state index contributed by atoms with van der Waals surface area (Å²) < 4.78 is 26.6. The summed E-state index contributed by atoms with van der Waals surface area (Å²) in [6.45, 7) is 1.63. The van der Waals surface area contributed by atoms with Crippen molar-refractivity contribution in [3.05, 3.63) is 58.1 Å². The molecule has 0 aliphatic heterocycles. The van der Waals surface area contributed by atoms with E-state index in [4.69, 9.17) is 0 Å². The van der Waals surface area contributed by atoms with Gasteiger partial charge in [0.05, 0.1) is 15.5 Å². The largest absolute Gasteiger partial charge is 0.505 e. The number of anilines is 1. The maximum absolute atomic E-state index is 12.2. The molecule has 0 heterocycles. The smallest absolute Gasteiger partial charge is 0.270 e. The molecule has 0 aromatic heterocycles. The van der Waals surface area contributed by atoms with Crippen LogP contribution in [0.4, 0.5) is 11.4 Å². The van der Waals surface area contributed by atoms with E-state index >= 15 is 0 Å². The van der Waals surface area contributed by atoms with E-state index in [0.29, 0.717) is 5.56 Å². The molecule has 110 valence electrons. The van der Waals surface area contributed by atoms with E-state index in [0.717, 1.165) is 6.07 Å². The number of nitro benzene ring substituents is 1. The van der Waals surface area contributed by atoms with Crippen molar-refractivity contribution in [2.24, 2.45) is 0 Å². The minimum absolute atomic E-state index is 0.0153. The van der Waals surface area contributed by atoms with E-state index in [1.165, 1.54) is 24.3 Å². The normalized spacial score (nSPS) is 11.1. The summed E-state index contributed by atoms with van der Waals surface area (Å²) in [6.07, 6.45) is 0. The van der Waals surface area contributed by atoms with Crippen LogP contribution in [0.25, 0.3) is 0 Å². The molecule has 0 radical (unpaired) electrons. The standard InChI is InChI=1S/C13H12N2O5S/c1-9-4-2-7-12(13(9)16)14-21(19,20)11-6-3-5-10(8-11)15(17)18/h2-8,14,16H,1H3. The third kappa shape index (κ3) is 3.11. The lowest BCUT2D eigenvalue weighted by atomic mass is 10.2. The number of aryl methyl sites for hydroxylation is 1. The zero-order valence-corrected chi connectivity index (χ0v) is 11.8. The lowest BCUT2D eigenvalue weighted by molar-refractivity contribution is -0.385. The van der Waals surface area contributed by atoms with Gasteiger partial charge in [0.25, 0.3) is 15.7 Å². The summed E-state index contributed by atoms with van der Waals surface area (Å²) in [5.74, 6) is -0.188. The number of sulfonamides is 1. The molecule has 21 heavy (non-hydrogen) atoms. The number of phenolic OH excluding ortho intramolecular Hbond substituents is 1. The average Bonchev–Trinajstić information content (AvgIpc) is 2.44. The van der Waals surface area contributed by atoms with Gasteiger partial charge in [-0.15, -0.1) is 0 Å². The highest BCUT2D eigenvalue weighted by Crippen LogP contribution is 2.29. The van der Waals surface area contributed by atoms with E-state index in [2.05, 4.69) is 4.72 Å². The van der Waals surface area contributed by atoms with Crippen LogP contribution >= 0.6 is 0 Å². The number of non-ortho nitro benzene ring substituents is 1. The molecule has 2 aromatic rings. The molecular formula is C13H12N2O5S. The Kier molecular flexibility index (Phi) is 3.81. The van der Waals surface area contributed by atoms with E-state index in [1.54, 1.807) is 19.1 Å². The molecule has 0 saturated heterocycles. The van der Waals surface area contributed by atoms with Crippen LogP contribution in [0.1, 0.15) is 5.56 Å². The van der Waals surface area contributed by atoms with Gasteiger partial charge in [-0.3, -0.25) is 14.8 Å². The molecule has 0 saturated carbocycles. The van der Waals surface area contributed by atoms with Gasteiger partial charge >= 0.3 is 0 Å². The number of hydrogen-bond acceptors (Lipinski definition) is 5. The molecule has 0 aliphatic rings. The van der Waals surface area contributed by atoms with Crippen LogP contribution in [0.2, 0.25) is 0 Å². The highest BCUT2D eigenvalue weighted by molar-refractivity contribution is 7.92. The lowest BCUT2D eigenvalue weighted by Gasteiger charge is -2.10. The fourth-order valence-corrected chi connectivity index (χ4v) is 2.81. The van der Waals surface area contributed by atoms with Crippen LogP contribution in [-0.2, 0) is 10.0 Å². The van der Waals surface area contributed by atoms with Crippen molar-refractivity contribution in [2.45, 2.75) is 11.8 Å². The number of hydrogen-bond donors (Lipinski definition) is 2. The van der Waals surface area contributed by atoms with Crippen LogP contribution in [0.15, 0.2) is 47.4 Å². The van der Waals surface area contributed by atoms with E-state index in [-0.39, 0.29) is 22.0 Å². The van der Waals surface area contributed by atoms with Crippen LogP contribution in [-0.4, -0.2) is 18.4 Å². The Morgan fingerprint density at radius 2 is 1.86 bits per heavy atom. The zero-order chi connectivity index (χ0) is 15.6. The molecule has 2 rings (SSSR count).